The second-order valence-electron chi connectivity index (χ2n) is 2.89. The van der Waals surface area contributed by atoms with E-state index < -0.39 is 0 Å². The second-order valence-corrected chi connectivity index (χ2v) is 3.81. The van der Waals surface area contributed by atoms with E-state index >= 15 is 0 Å². The fraction of sp³-hybridized carbons (Fsp3) is 0.375. The number of ether oxygens (including phenoxy) is 1. The molecule has 0 spiro atoms. The van der Waals surface area contributed by atoms with Crippen molar-refractivity contribution in [3.05, 3.63) is 40.6 Å². The number of aliphatic imine (C=N–C) groups is 1. The van der Waals surface area contributed by atoms with Crippen LogP contribution in [0, 0.1) is 11.3 Å². The van der Waals surface area contributed by atoms with Gasteiger partial charge in [-0.1, -0.05) is 43.6 Å². The first-order chi connectivity index (χ1) is 9.71. The van der Waals surface area contributed by atoms with Crippen LogP contribution in [0.5, 0.6) is 5.75 Å². The normalized spacial score (nSPS) is 10.3. The van der Waals surface area contributed by atoms with E-state index in [-0.39, 0.29) is 5.71 Å². The standard InChI is InChI=1S/C12H11BrN2O.2C2H6/c1-3-12(11(8-14)15-2)16-10-6-4-9(13)5-7-10;2*1-2/h3-7H,1-2H3;2*1-2H3/b12-3+,15-11?;;. The zero-order valence-corrected chi connectivity index (χ0v) is 14.7. The van der Waals surface area contributed by atoms with Crippen LogP contribution in [0.25, 0.3) is 0 Å². The van der Waals surface area contributed by atoms with Gasteiger partial charge in [-0.25, -0.2) is 0 Å². The van der Waals surface area contributed by atoms with Gasteiger partial charge in [-0.3, -0.25) is 4.99 Å². The zero-order chi connectivity index (χ0) is 16.0. The molecule has 3 nitrogen and oxygen atoms in total. The molecule has 1 aromatic rings. The molecule has 0 aliphatic heterocycles. The lowest BCUT2D eigenvalue weighted by atomic mass is 10.3. The van der Waals surface area contributed by atoms with E-state index in [1.54, 1.807) is 20.0 Å². The summed E-state index contributed by atoms with van der Waals surface area (Å²) in [5.41, 5.74) is 0.283. The SMILES string of the molecule is C/C=C(/Oc1ccc(Br)cc1)C(C#N)=NC.CC.CC. The van der Waals surface area contributed by atoms with E-state index in [1.807, 2.05) is 58.0 Å². The third-order valence-corrected chi connectivity index (χ3v) is 2.40. The largest absolute Gasteiger partial charge is 0.455 e. The molecule has 20 heavy (non-hydrogen) atoms. The summed E-state index contributed by atoms with van der Waals surface area (Å²) >= 11 is 3.34. The lowest BCUT2D eigenvalue weighted by Crippen LogP contribution is -2.06. The Morgan fingerprint density at radius 2 is 1.70 bits per heavy atom. The maximum atomic E-state index is 8.84. The number of allylic oxidation sites excluding steroid dienone is 2. The fourth-order valence-electron chi connectivity index (χ4n) is 1.09. The molecule has 0 fully saturated rings. The van der Waals surface area contributed by atoms with Crippen LogP contribution >= 0.6 is 15.9 Å². The van der Waals surface area contributed by atoms with Gasteiger partial charge >= 0.3 is 0 Å². The van der Waals surface area contributed by atoms with Crippen molar-refractivity contribution in [2.45, 2.75) is 34.6 Å². The highest BCUT2D eigenvalue weighted by molar-refractivity contribution is 9.10. The minimum absolute atomic E-state index is 0.283. The lowest BCUT2D eigenvalue weighted by Gasteiger charge is -2.07. The van der Waals surface area contributed by atoms with Gasteiger partial charge in [0.1, 0.15) is 11.8 Å². The number of nitrogens with zero attached hydrogens (tertiary/aromatic N) is 2. The monoisotopic (exact) mass is 338 g/mol. The average Bonchev–Trinajstić information content (AvgIpc) is 2.53. The molecule has 0 radical (unpaired) electrons. The van der Waals surface area contributed by atoms with Gasteiger partial charge in [-0.05, 0) is 37.3 Å². The van der Waals surface area contributed by atoms with E-state index in [1.165, 1.54) is 0 Å². The Morgan fingerprint density at radius 3 is 2.05 bits per heavy atom. The van der Waals surface area contributed by atoms with E-state index in [2.05, 4.69) is 20.9 Å². The molecule has 0 aliphatic carbocycles. The minimum Gasteiger partial charge on any atom is -0.455 e. The average molecular weight is 339 g/mol. The van der Waals surface area contributed by atoms with Crippen molar-refractivity contribution >= 4 is 21.6 Å². The van der Waals surface area contributed by atoms with Gasteiger partial charge in [-0.2, -0.15) is 5.26 Å². The van der Waals surface area contributed by atoms with Gasteiger partial charge in [0, 0.05) is 11.5 Å². The molecule has 4 heteroatoms. The highest BCUT2D eigenvalue weighted by atomic mass is 79.9. The Morgan fingerprint density at radius 1 is 1.20 bits per heavy atom. The van der Waals surface area contributed by atoms with Gasteiger partial charge in [0.05, 0.1) is 0 Å². The first kappa shape index (κ1) is 20.7. The third-order valence-electron chi connectivity index (χ3n) is 1.87. The van der Waals surface area contributed by atoms with Crippen molar-refractivity contribution < 1.29 is 4.74 Å². The van der Waals surface area contributed by atoms with E-state index in [9.17, 15) is 0 Å². The lowest BCUT2D eigenvalue weighted by molar-refractivity contribution is 0.454. The first-order valence-electron chi connectivity index (χ1n) is 6.68. The number of benzene rings is 1. The van der Waals surface area contributed by atoms with Crippen molar-refractivity contribution in [2.75, 3.05) is 7.05 Å². The summed E-state index contributed by atoms with van der Waals surface area (Å²) in [5.74, 6) is 1.14. The maximum absolute atomic E-state index is 8.84. The molecule has 0 atom stereocenters. The molecule has 0 unspecified atom stereocenters. The summed E-state index contributed by atoms with van der Waals surface area (Å²) in [6.07, 6.45) is 1.72. The Bertz CT molecular complexity index is 456. The van der Waals surface area contributed by atoms with Crippen LogP contribution in [0.2, 0.25) is 0 Å². The van der Waals surface area contributed by atoms with Gasteiger partial charge in [0.15, 0.2) is 11.5 Å². The van der Waals surface area contributed by atoms with Gasteiger partial charge in [0.25, 0.3) is 0 Å². The number of nitriles is 1. The van der Waals surface area contributed by atoms with E-state index in [0.29, 0.717) is 11.5 Å². The quantitative estimate of drug-likeness (QED) is 0.548. The molecule has 110 valence electrons. The van der Waals surface area contributed by atoms with Crippen molar-refractivity contribution in [3.63, 3.8) is 0 Å². The molecule has 1 rings (SSSR count). The predicted octanol–water partition coefficient (Wildman–Crippen LogP) is 5.38. The van der Waals surface area contributed by atoms with Crippen molar-refractivity contribution in [1.29, 1.82) is 5.26 Å². The number of halogens is 1. The molecule has 0 bridgehead atoms. The van der Waals surface area contributed by atoms with Gasteiger partial charge in [-0.15, -0.1) is 0 Å². The molecule has 0 aliphatic rings. The van der Waals surface area contributed by atoms with Crippen LogP contribution in [0.3, 0.4) is 0 Å². The summed E-state index contributed by atoms with van der Waals surface area (Å²) in [7, 11) is 1.56. The molecule has 0 aromatic heterocycles. The van der Waals surface area contributed by atoms with Crippen LogP contribution in [0.15, 0.2) is 45.6 Å². The number of hydrogen-bond donors (Lipinski definition) is 0. The Labute approximate surface area is 131 Å². The summed E-state index contributed by atoms with van der Waals surface area (Å²) in [4.78, 5) is 3.84. The number of rotatable bonds is 3. The Hall–Kier alpha value is -1.60. The molecule has 0 amide bonds. The van der Waals surface area contributed by atoms with Crippen molar-refractivity contribution in [1.82, 2.24) is 0 Å². The van der Waals surface area contributed by atoms with Crippen LogP contribution in [0.4, 0.5) is 0 Å². The Balaban J connectivity index is 0. The topological polar surface area (TPSA) is 45.4 Å². The van der Waals surface area contributed by atoms with Crippen LogP contribution in [-0.4, -0.2) is 12.8 Å². The predicted molar refractivity (Wildman–Crippen MR) is 90.2 cm³/mol. The summed E-state index contributed by atoms with van der Waals surface area (Å²) in [5, 5.41) is 8.84. The fourth-order valence-corrected chi connectivity index (χ4v) is 1.35. The highest BCUT2D eigenvalue weighted by Gasteiger charge is 2.06. The van der Waals surface area contributed by atoms with Crippen LogP contribution in [0.1, 0.15) is 34.6 Å². The minimum atomic E-state index is 0.283. The summed E-state index contributed by atoms with van der Waals surface area (Å²) in [6, 6.07) is 9.36. The molecule has 0 N–H and O–H groups in total. The zero-order valence-electron chi connectivity index (χ0n) is 13.1. The number of hydrogen-bond acceptors (Lipinski definition) is 3. The van der Waals surface area contributed by atoms with E-state index in [0.717, 1.165) is 4.47 Å². The molecule has 0 saturated heterocycles. The third kappa shape index (κ3) is 7.75. The first-order valence-corrected chi connectivity index (χ1v) is 7.47. The van der Waals surface area contributed by atoms with Crippen LogP contribution < -0.4 is 4.74 Å². The second kappa shape index (κ2) is 13.8. The summed E-state index contributed by atoms with van der Waals surface area (Å²) < 4.78 is 6.53. The summed E-state index contributed by atoms with van der Waals surface area (Å²) in [6.45, 7) is 9.80. The molecule has 0 saturated carbocycles. The van der Waals surface area contributed by atoms with Gasteiger partial charge in [0.2, 0.25) is 0 Å². The Kier molecular flexibility index (Phi) is 14.3. The van der Waals surface area contributed by atoms with Crippen LogP contribution in [-0.2, 0) is 0 Å². The smallest absolute Gasteiger partial charge is 0.177 e. The van der Waals surface area contributed by atoms with Crippen molar-refractivity contribution in [3.8, 4) is 11.8 Å². The maximum Gasteiger partial charge on any atom is 0.177 e. The van der Waals surface area contributed by atoms with E-state index in [4.69, 9.17) is 10.00 Å². The molecular formula is C16H23BrN2O. The molecular weight excluding hydrogens is 316 g/mol. The van der Waals surface area contributed by atoms with Crippen molar-refractivity contribution in [2.24, 2.45) is 4.99 Å². The van der Waals surface area contributed by atoms with Gasteiger partial charge < -0.3 is 4.74 Å². The molecule has 0 heterocycles. The molecule has 1 aromatic carbocycles. The highest BCUT2D eigenvalue weighted by Crippen LogP contribution is 2.18.